The van der Waals surface area contributed by atoms with Gasteiger partial charge < -0.3 is 13.3 Å². The van der Waals surface area contributed by atoms with Gasteiger partial charge in [0.25, 0.3) is 0 Å². The molecule has 2 aromatic carbocycles. The summed E-state index contributed by atoms with van der Waals surface area (Å²) < 4.78 is 57.7. The third-order valence-corrected chi connectivity index (χ3v) is 7.32. The minimum absolute atomic E-state index is 0.109. The summed E-state index contributed by atoms with van der Waals surface area (Å²) in [5.41, 5.74) is 0.511. The van der Waals surface area contributed by atoms with Crippen LogP contribution in [-0.2, 0) is 19.5 Å². The van der Waals surface area contributed by atoms with Crippen molar-refractivity contribution in [3.05, 3.63) is 54.1 Å². The van der Waals surface area contributed by atoms with E-state index in [0.717, 1.165) is 17.3 Å². The van der Waals surface area contributed by atoms with Crippen molar-refractivity contribution < 1.29 is 26.4 Å². The molecule has 0 saturated carbocycles. The fourth-order valence-electron chi connectivity index (χ4n) is 2.96. The third kappa shape index (κ3) is 6.40. The lowest BCUT2D eigenvalue weighted by Gasteiger charge is -2.34. The molecule has 0 heterocycles. The molecule has 0 spiro atoms. The smallest absolute Gasteiger partial charge is 0.367 e. The van der Waals surface area contributed by atoms with Crippen LogP contribution < -0.4 is 5.19 Å². The molecule has 2 aromatic rings. The summed E-state index contributed by atoms with van der Waals surface area (Å²) in [5, 5.41) is 0.782. The zero-order chi connectivity index (χ0) is 21.8. The molecule has 0 fully saturated rings. The molecule has 29 heavy (non-hydrogen) atoms. The van der Waals surface area contributed by atoms with E-state index in [1.165, 1.54) is 6.07 Å². The van der Waals surface area contributed by atoms with Crippen LogP contribution in [0, 0.1) is 0 Å². The highest BCUT2D eigenvalue weighted by Gasteiger charge is 2.46. The minimum atomic E-state index is -4.38. The van der Waals surface area contributed by atoms with Gasteiger partial charge in [-0.25, -0.2) is 0 Å². The fraction of sp³-hybridized carbons (Fsp3) is 0.455. The molecule has 0 amide bonds. The van der Waals surface area contributed by atoms with Crippen molar-refractivity contribution in [2.24, 2.45) is 0 Å². The predicted octanol–water partition coefficient (Wildman–Crippen LogP) is 5.79. The second-order valence-electron chi connectivity index (χ2n) is 7.71. The van der Waals surface area contributed by atoms with Gasteiger partial charge in [0.2, 0.25) is 0 Å². The van der Waals surface area contributed by atoms with Crippen LogP contribution in [0.3, 0.4) is 0 Å². The van der Waals surface area contributed by atoms with Gasteiger partial charge in [-0.05, 0) is 64.8 Å². The van der Waals surface area contributed by atoms with Crippen LogP contribution in [0.15, 0.2) is 48.5 Å². The molecule has 2 rings (SSSR count). The van der Waals surface area contributed by atoms with Crippen LogP contribution in [0.1, 0.15) is 47.1 Å². The summed E-state index contributed by atoms with van der Waals surface area (Å²) in [4.78, 5) is 0. The summed E-state index contributed by atoms with van der Waals surface area (Å²) in [6.45, 7) is 11.5. The van der Waals surface area contributed by atoms with Gasteiger partial charge in [-0.15, -0.1) is 0 Å². The molecule has 0 aromatic heterocycles. The second kappa shape index (κ2) is 9.43. The standard InChI is InChI=1S/C22H29F3O3Si/c1-15(2)26-29(27-16(3)4,28-17(5)6)21-12-10-18(11-13-21)19-8-7-9-20(14-19)22(23,24)25/h7-17H,1-6H3. The molecular formula is C22H29F3O3Si. The van der Waals surface area contributed by atoms with Crippen LogP contribution >= 0.6 is 0 Å². The van der Waals surface area contributed by atoms with Crippen LogP contribution in [0.5, 0.6) is 0 Å². The van der Waals surface area contributed by atoms with Crippen molar-refractivity contribution >= 4 is 14.0 Å². The number of hydrogen-bond donors (Lipinski definition) is 0. The van der Waals surface area contributed by atoms with Gasteiger partial charge in [-0.2, -0.15) is 13.2 Å². The molecule has 0 radical (unpaired) electrons. The van der Waals surface area contributed by atoms with E-state index in [4.69, 9.17) is 13.3 Å². The lowest BCUT2D eigenvalue weighted by molar-refractivity contribution is -0.137. The van der Waals surface area contributed by atoms with Crippen molar-refractivity contribution in [3.63, 3.8) is 0 Å². The maximum atomic E-state index is 13.0. The Hall–Kier alpha value is -1.67. The van der Waals surface area contributed by atoms with Gasteiger partial charge in [0.15, 0.2) is 0 Å². The maximum absolute atomic E-state index is 13.0. The van der Waals surface area contributed by atoms with E-state index in [1.54, 1.807) is 18.2 Å². The van der Waals surface area contributed by atoms with Crippen LogP contribution in [0.25, 0.3) is 11.1 Å². The summed E-state index contributed by atoms with van der Waals surface area (Å²) in [6.07, 6.45) is -4.70. The molecule has 0 aliphatic heterocycles. The van der Waals surface area contributed by atoms with Crippen LogP contribution in [-0.4, -0.2) is 27.1 Å². The minimum Gasteiger partial charge on any atom is -0.367 e. The predicted molar refractivity (Wildman–Crippen MR) is 111 cm³/mol. The lowest BCUT2D eigenvalue weighted by Crippen LogP contribution is -2.60. The summed E-state index contributed by atoms with van der Waals surface area (Å²) in [6, 6.07) is 12.5. The van der Waals surface area contributed by atoms with E-state index in [9.17, 15) is 13.2 Å². The molecule has 0 unspecified atom stereocenters. The molecule has 0 atom stereocenters. The van der Waals surface area contributed by atoms with E-state index in [1.807, 2.05) is 53.7 Å². The summed E-state index contributed by atoms with van der Waals surface area (Å²) in [7, 11) is -3.21. The number of alkyl halides is 3. The first-order valence-corrected chi connectivity index (χ1v) is 11.5. The SMILES string of the molecule is CC(C)O[Si](OC(C)C)(OC(C)C)c1ccc(-c2cccc(C(F)(F)F)c2)cc1. The number of benzene rings is 2. The Morgan fingerprint density at radius 2 is 1.17 bits per heavy atom. The monoisotopic (exact) mass is 426 g/mol. The second-order valence-corrected chi connectivity index (χ2v) is 10.1. The Labute approximate surface area is 172 Å². The average Bonchev–Trinajstić information content (AvgIpc) is 2.59. The van der Waals surface area contributed by atoms with Gasteiger partial charge in [-0.3, -0.25) is 0 Å². The topological polar surface area (TPSA) is 27.7 Å². The Bertz CT molecular complexity index is 760. The molecular weight excluding hydrogens is 397 g/mol. The Balaban J connectivity index is 2.45. The summed E-state index contributed by atoms with van der Waals surface area (Å²) >= 11 is 0. The van der Waals surface area contributed by atoms with Gasteiger partial charge in [0.1, 0.15) is 0 Å². The third-order valence-electron chi connectivity index (χ3n) is 3.93. The van der Waals surface area contributed by atoms with E-state index in [0.29, 0.717) is 11.1 Å². The van der Waals surface area contributed by atoms with Crippen LogP contribution in [0.4, 0.5) is 13.2 Å². The van der Waals surface area contributed by atoms with E-state index < -0.39 is 20.5 Å². The van der Waals surface area contributed by atoms with Crippen molar-refractivity contribution in [2.45, 2.75) is 66.0 Å². The van der Waals surface area contributed by atoms with E-state index >= 15 is 0 Å². The first-order valence-electron chi connectivity index (χ1n) is 9.74. The molecule has 7 heteroatoms. The Morgan fingerprint density at radius 1 is 0.690 bits per heavy atom. The first-order chi connectivity index (χ1) is 13.4. The van der Waals surface area contributed by atoms with Gasteiger partial charge in [-0.1, -0.05) is 36.4 Å². The summed E-state index contributed by atoms with van der Waals surface area (Å²) in [5.74, 6) is 0. The maximum Gasteiger partial charge on any atom is 0.537 e. The van der Waals surface area contributed by atoms with Gasteiger partial charge in [0, 0.05) is 23.5 Å². The van der Waals surface area contributed by atoms with E-state index in [2.05, 4.69) is 0 Å². The normalized spacial score (nSPS) is 13.0. The highest BCUT2D eigenvalue weighted by molar-refractivity contribution is 6.75. The van der Waals surface area contributed by atoms with E-state index in [-0.39, 0.29) is 18.3 Å². The molecule has 0 aliphatic rings. The Kier molecular flexibility index (Phi) is 7.67. The van der Waals surface area contributed by atoms with Crippen molar-refractivity contribution in [2.75, 3.05) is 0 Å². The number of rotatable bonds is 8. The zero-order valence-electron chi connectivity index (χ0n) is 17.7. The highest BCUT2D eigenvalue weighted by atomic mass is 28.4. The van der Waals surface area contributed by atoms with Crippen molar-refractivity contribution in [1.29, 1.82) is 0 Å². The fourth-order valence-corrected chi connectivity index (χ4v) is 5.97. The molecule has 3 nitrogen and oxygen atoms in total. The highest BCUT2D eigenvalue weighted by Crippen LogP contribution is 2.32. The number of hydrogen-bond acceptors (Lipinski definition) is 3. The van der Waals surface area contributed by atoms with Gasteiger partial charge >= 0.3 is 15.0 Å². The first kappa shape index (κ1) is 23.6. The average molecular weight is 427 g/mol. The Morgan fingerprint density at radius 3 is 1.59 bits per heavy atom. The van der Waals surface area contributed by atoms with Crippen molar-refractivity contribution in [1.82, 2.24) is 0 Å². The zero-order valence-corrected chi connectivity index (χ0v) is 18.7. The lowest BCUT2D eigenvalue weighted by atomic mass is 10.0. The molecule has 0 saturated heterocycles. The largest absolute Gasteiger partial charge is 0.537 e. The molecule has 0 bridgehead atoms. The molecule has 160 valence electrons. The van der Waals surface area contributed by atoms with Gasteiger partial charge in [0.05, 0.1) is 5.56 Å². The molecule has 0 aliphatic carbocycles. The number of halogens is 3. The van der Waals surface area contributed by atoms with Crippen molar-refractivity contribution in [3.8, 4) is 11.1 Å². The quantitative estimate of drug-likeness (QED) is 0.500. The molecule has 0 N–H and O–H groups in total. The van der Waals surface area contributed by atoms with Crippen LogP contribution in [0.2, 0.25) is 0 Å².